The molecule has 0 saturated heterocycles. The molecular formula is C15H18N4O2. The van der Waals surface area contributed by atoms with Gasteiger partial charge in [-0.25, -0.2) is 0 Å². The number of benzene rings is 2. The van der Waals surface area contributed by atoms with Crippen molar-refractivity contribution >= 4 is 17.1 Å². The van der Waals surface area contributed by atoms with Crippen molar-refractivity contribution < 1.29 is 4.92 Å². The summed E-state index contributed by atoms with van der Waals surface area (Å²) in [7, 11) is 1.95. The van der Waals surface area contributed by atoms with Gasteiger partial charge in [0.15, 0.2) is 0 Å². The topological polar surface area (TPSA) is 84.4 Å². The van der Waals surface area contributed by atoms with Crippen molar-refractivity contribution in [1.82, 2.24) is 0 Å². The van der Waals surface area contributed by atoms with E-state index in [-0.39, 0.29) is 5.69 Å². The average molecular weight is 286 g/mol. The minimum absolute atomic E-state index is 0.0576. The van der Waals surface area contributed by atoms with Crippen molar-refractivity contribution in [3.05, 3.63) is 63.7 Å². The lowest BCUT2D eigenvalue weighted by molar-refractivity contribution is -0.384. The second-order valence-electron chi connectivity index (χ2n) is 4.89. The molecule has 0 heterocycles. The monoisotopic (exact) mass is 286 g/mol. The van der Waals surface area contributed by atoms with E-state index in [0.29, 0.717) is 12.2 Å². The van der Waals surface area contributed by atoms with E-state index in [1.807, 2.05) is 43.1 Å². The van der Waals surface area contributed by atoms with E-state index < -0.39 is 4.92 Å². The minimum Gasteiger partial charge on any atom is -0.370 e. The van der Waals surface area contributed by atoms with Gasteiger partial charge >= 0.3 is 0 Å². The van der Waals surface area contributed by atoms with E-state index in [9.17, 15) is 10.1 Å². The molecule has 0 fully saturated rings. The number of nitrogen functional groups attached to an aromatic ring is 1. The van der Waals surface area contributed by atoms with Crippen LogP contribution in [0.15, 0.2) is 42.5 Å². The Labute approximate surface area is 123 Å². The fourth-order valence-corrected chi connectivity index (χ4v) is 2.30. The predicted octanol–water partition coefficient (Wildman–Crippen LogP) is 2.83. The highest BCUT2D eigenvalue weighted by atomic mass is 16.6. The van der Waals surface area contributed by atoms with Crippen LogP contribution in [0.25, 0.3) is 0 Å². The molecule has 2 aromatic carbocycles. The Morgan fingerprint density at radius 2 is 2.00 bits per heavy atom. The smallest absolute Gasteiger partial charge is 0.269 e. The number of nitro groups is 1. The zero-order chi connectivity index (χ0) is 15.4. The fourth-order valence-electron chi connectivity index (χ4n) is 2.30. The van der Waals surface area contributed by atoms with Crippen LogP contribution in [0.3, 0.4) is 0 Å². The van der Waals surface area contributed by atoms with Gasteiger partial charge in [-0.2, -0.15) is 0 Å². The van der Waals surface area contributed by atoms with Crippen molar-refractivity contribution in [2.45, 2.75) is 13.5 Å². The van der Waals surface area contributed by atoms with E-state index in [1.165, 1.54) is 6.07 Å². The number of nitrogens with two attached hydrogens (primary N) is 1. The summed E-state index contributed by atoms with van der Waals surface area (Å²) in [4.78, 5) is 12.5. The molecule has 6 heteroatoms. The highest BCUT2D eigenvalue weighted by Gasteiger charge is 2.13. The first-order chi connectivity index (χ1) is 10.0. The van der Waals surface area contributed by atoms with E-state index in [1.54, 1.807) is 12.1 Å². The van der Waals surface area contributed by atoms with Gasteiger partial charge in [0, 0.05) is 37.0 Å². The van der Waals surface area contributed by atoms with Gasteiger partial charge in [0.25, 0.3) is 5.69 Å². The maximum absolute atomic E-state index is 10.9. The van der Waals surface area contributed by atoms with Crippen molar-refractivity contribution in [3.63, 3.8) is 0 Å². The molecule has 0 aromatic heterocycles. The zero-order valence-corrected chi connectivity index (χ0v) is 12.0. The summed E-state index contributed by atoms with van der Waals surface area (Å²) in [5.74, 6) is 5.48. The normalized spacial score (nSPS) is 10.2. The molecule has 0 spiro atoms. The number of nitrogens with one attached hydrogen (secondary N) is 1. The molecule has 0 bridgehead atoms. The first kappa shape index (κ1) is 14.8. The number of non-ortho nitro benzene ring substituents is 1. The molecule has 0 aliphatic heterocycles. The number of nitrogens with zero attached hydrogens (tertiary/aromatic N) is 2. The maximum Gasteiger partial charge on any atom is 0.269 e. The first-order valence-corrected chi connectivity index (χ1v) is 6.53. The number of rotatable bonds is 5. The van der Waals surface area contributed by atoms with E-state index in [0.717, 1.165) is 16.8 Å². The van der Waals surface area contributed by atoms with Crippen LogP contribution in [0, 0.1) is 17.0 Å². The number of para-hydroxylation sites is 1. The Hall–Kier alpha value is -2.60. The van der Waals surface area contributed by atoms with Gasteiger partial charge in [-0.05, 0) is 24.6 Å². The van der Waals surface area contributed by atoms with Crippen LogP contribution in [-0.2, 0) is 6.54 Å². The average Bonchev–Trinajstić information content (AvgIpc) is 2.47. The van der Waals surface area contributed by atoms with Crippen molar-refractivity contribution in [2.24, 2.45) is 5.84 Å². The van der Waals surface area contributed by atoms with Gasteiger partial charge < -0.3 is 10.3 Å². The van der Waals surface area contributed by atoms with Crippen LogP contribution in [0.5, 0.6) is 0 Å². The standard InChI is InChI=1S/C15H18N4O2/c1-11-5-3-4-6-15(11)18(2)10-12-9-13(19(20)21)7-8-14(12)17-16/h3-9,17H,10,16H2,1-2H3. The van der Waals surface area contributed by atoms with Gasteiger partial charge in [0.2, 0.25) is 0 Å². The zero-order valence-electron chi connectivity index (χ0n) is 12.0. The van der Waals surface area contributed by atoms with E-state index in [2.05, 4.69) is 5.43 Å². The number of anilines is 2. The highest BCUT2D eigenvalue weighted by Crippen LogP contribution is 2.26. The van der Waals surface area contributed by atoms with Gasteiger partial charge in [-0.15, -0.1) is 0 Å². The molecular weight excluding hydrogens is 268 g/mol. The number of nitro benzene ring substituents is 1. The molecule has 3 N–H and O–H groups in total. The van der Waals surface area contributed by atoms with Crippen LogP contribution in [0.4, 0.5) is 17.1 Å². The molecule has 0 saturated carbocycles. The van der Waals surface area contributed by atoms with E-state index >= 15 is 0 Å². The van der Waals surface area contributed by atoms with Gasteiger partial charge in [-0.1, -0.05) is 18.2 Å². The number of aryl methyl sites for hydroxylation is 1. The molecule has 0 radical (unpaired) electrons. The quantitative estimate of drug-likeness (QED) is 0.501. The molecule has 0 aliphatic carbocycles. The molecule has 110 valence electrons. The third kappa shape index (κ3) is 3.29. The molecule has 0 aliphatic rings. The molecule has 6 nitrogen and oxygen atoms in total. The third-order valence-electron chi connectivity index (χ3n) is 3.39. The van der Waals surface area contributed by atoms with Crippen molar-refractivity contribution in [3.8, 4) is 0 Å². The van der Waals surface area contributed by atoms with Gasteiger partial charge in [0.1, 0.15) is 0 Å². The van der Waals surface area contributed by atoms with Crippen LogP contribution < -0.4 is 16.2 Å². The molecule has 0 unspecified atom stereocenters. The Bertz CT molecular complexity index is 658. The molecule has 0 atom stereocenters. The van der Waals surface area contributed by atoms with Crippen LogP contribution >= 0.6 is 0 Å². The maximum atomic E-state index is 10.9. The third-order valence-corrected chi connectivity index (χ3v) is 3.39. The molecule has 21 heavy (non-hydrogen) atoms. The summed E-state index contributed by atoms with van der Waals surface area (Å²) in [6.07, 6.45) is 0. The number of hydrogen-bond donors (Lipinski definition) is 2. The summed E-state index contributed by atoms with van der Waals surface area (Å²) in [5.41, 5.74) is 6.32. The minimum atomic E-state index is -0.405. The highest BCUT2D eigenvalue weighted by molar-refractivity contribution is 5.59. The summed E-state index contributed by atoms with van der Waals surface area (Å²) < 4.78 is 0. The lowest BCUT2D eigenvalue weighted by Crippen LogP contribution is -2.19. The van der Waals surface area contributed by atoms with Gasteiger partial charge in [-0.3, -0.25) is 16.0 Å². The summed E-state index contributed by atoms with van der Waals surface area (Å²) in [5, 5.41) is 10.9. The lowest BCUT2D eigenvalue weighted by Gasteiger charge is -2.22. The van der Waals surface area contributed by atoms with Crippen molar-refractivity contribution in [1.29, 1.82) is 0 Å². The summed E-state index contributed by atoms with van der Waals surface area (Å²) >= 11 is 0. The van der Waals surface area contributed by atoms with Gasteiger partial charge in [0.05, 0.1) is 10.6 Å². The van der Waals surface area contributed by atoms with Crippen LogP contribution in [-0.4, -0.2) is 12.0 Å². The largest absolute Gasteiger partial charge is 0.370 e. The van der Waals surface area contributed by atoms with E-state index in [4.69, 9.17) is 5.84 Å². The lowest BCUT2D eigenvalue weighted by atomic mass is 10.1. The Morgan fingerprint density at radius 1 is 1.29 bits per heavy atom. The number of hydrogen-bond acceptors (Lipinski definition) is 5. The molecule has 2 aromatic rings. The Balaban J connectivity index is 2.31. The fraction of sp³-hybridized carbons (Fsp3) is 0.200. The second kappa shape index (κ2) is 6.23. The number of hydrazine groups is 1. The summed E-state index contributed by atoms with van der Waals surface area (Å²) in [6.45, 7) is 2.55. The van der Waals surface area contributed by atoms with Crippen LogP contribution in [0.2, 0.25) is 0 Å². The molecule has 2 rings (SSSR count). The summed E-state index contributed by atoms with van der Waals surface area (Å²) in [6, 6.07) is 12.6. The second-order valence-corrected chi connectivity index (χ2v) is 4.89. The molecule has 0 amide bonds. The van der Waals surface area contributed by atoms with Crippen LogP contribution in [0.1, 0.15) is 11.1 Å². The Kier molecular flexibility index (Phi) is 4.39. The Morgan fingerprint density at radius 3 is 2.62 bits per heavy atom. The SMILES string of the molecule is Cc1ccccc1N(C)Cc1cc([N+](=O)[O-])ccc1NN. The van der Waals surface area contributed by atoms with Crippen molar-refractivity contribution in [2.75, 3.05) is 17.4 Å². The predicted molar refractivity (Wildman–Crippen MR) is 84.2 cm³/mol. The first-order valence-electron chi connectivity index (χ1n) is 6.53.